The van der Waals surface area contributed by atoms with Crippen molar-refractivity contribution in [1.82, 2.24) is 15.5 Å². The molecule has 2 amide bonds. The predicted molar refractivity (Wildman–Crippen MR) is 64.1 cm³/mol. The molecule has 0 aliphatic carbocycles. The van der Waals surface area contributed by atoms with Crippen molar-refractivity contribution < 1.29 is 9.59 Å². The maximum absolute atomic E-state index is 11.3. The van der Waals surface area contributed by atoms with Crippen molar-refractivity contribution in [2.75, 3.05) is 33.7 Å². The topological polar surface area (TPSA) is 61.4 Å². The molecule has 2 N–H and O–H groups in total. The fourth-order valence-corrected chi connectivity index (χ4v) is 1.18. The average molecular weight is 229 g/mol. The minimum atomic E-state index is -0.122. The minimum Gasteiger partial charge on any atom is -0.355 e. The molecular weight excluding hydrogens is 206 g/mol. The molecule has 0 heterocycles. The van der Waals surface area contributed by atoms with E-state index in [9.17, 15) is 9.59 Å². The number of nitrogens with one attached hydrogen (secondary N) is 2. The van der Waals surface area contributed by atoms with E-state index in [1.807, 2.05) is 21.0 Å². The van der Waals surface area contributed by atoms with Gasteiger partial charge in [0.1, 0.15) is 0 Å². The van der Waals surface area contributed by atoms with Gasteiger partial charge in [-0.3, -0.25) is 9.59 Å². The van der Waals surface area contributed by atoms with E-state index in [1.54, 1.807) is 0 Å². The predicted octanol–water partition coefficient (Wildman–Crippen LogP) is -0.0294. The first kappa shape index (κ1) is 14.9. The Hall–Kier alpha value is -1.10. The summed E-state index contributed by atoms with van der Waals surface area (Å²) in [7, 11) is 3.99. The molecule has 0 atom stereocenters. The Morgan fingerprint density at radius 3 is 2.38 bits per heavy atom. The largest absolute Gasteiger partial charge is 0.355 e. The van der Waals surface area contributed by atoms with Gasteiger partial charge in [0.25, 0.3) is 0 Å². The normalized spacial score (nSPS) is 10.2. The molecule has 0 saturated carbocycles. The van der Waals surface area contributed by atoms with Gasteiger partial charge in [-0.15, -0.1) is 0 Å². The van der Waals surface area contributed by atoms with E-state index in [4.69, 9.17) is 0 Å². The van der Waals surface area contributed by atoms with E-state index >= 15 is 0 Å². The maximum Gasteiger partial charge on any atom is 0.239 e. The third-order valence-electron chi connectivity index (χ3n) is 2.03. The molecule has 0 spiro atoms. The summed E-state index contributed by atoms with van der Waals surface area (Å²) in [6, 6.07) is 0. The Morgan fingerprint density at radius 1 is 1.12 bits per heavy atom. The lowest BCUT2D eigenvalue weighted by Gasteiger charge is -2.10. The van der Waals surface area contributed by atoms with Gasteiger partial charge in [0.15, 0.2) is 0 Å². The van der Waals surface area contributed by atoms with Gasteiger partial charge >= 0.3 is 0 Å². The molecule has 0 bridgehead atoms. The molecule has 94 valence electrons. The Bertz CT molecular complexity index is 217. The van der Waals surface area contributed by atoms with Crippen LogP contribution in [0.5, 0.6) is 0 Å². The zero-order valence-corrected chi connectivity index (χ0v) is 10.5. The number of nitrogens with zero attached hydrogens (tertiary/aromatic N) is 1. The van der Waals surface area contributed by atoms with Crippen molar-refractivity contribution >= 4 is 11.8 Å². The van der Waals surface area contributed by atoms with Crippen LogP contribution >= 0.6 is 0 Å². The van der Waals surface area contributed by atoms with E-state index in [0.29, 0.717) is 13.0 Å². The molecule has 0 aromatic carbocycles. The number of hydrogen-bond donors (Lipinski definition) is 2. The molecule has 16 heavy (non-hydrogen) atoms. The Balaban J connectivity index is 3.41. The van der Waals surface area contributed by atoms with Gasteiger partial charge in [-0.05, 0) is 33.5 Å². The van der Waals surface area contributed by atoms with Crippen molar-refractivity contribution in [2.24, 2.45) is 0 Å². The van der Waals surface area contributed by atoms with Crippen LogP contribution in [0.15, 0.2) is 0 Å². The zero-order chi connectivity index (χ0) is 12.4. The molecule has 5 heteroatoms. The Morgan fingerprint density at radius 2 is 1.81 bits per heavy atom. The first-order valence-corrected chi connectivity index (χ1v) is 5.74. The lowest BCUT2D eigenvalue weighted by molar-refractivity contribution is -0.126. The molecule has 0 aliphatic heterocycles. The third-order valence-corrected chi connectivity index (χ3v) is 2.03. The molecule has 0 radical (unpaired) electrons. The van der Waals surface area contributed by atoms with Crippen LogP contribution in [0, 0.1) is 0 Å². The van der Waals surface area contributed by atoms with Gasteiger partial charge < -0.3 is 15.5 Å². The first-order valence-electron chi connectivity index (χ1n) is 5.74. The highest BCUT2D eigenvalue weighted by molar-refractivity contribution is 5.84. The van der Waals surface area contributed by atoms with E-state index in [0.717, 1.165) is 19.4 Å². The van der Waals surface area contributed by atoms with E-state index < -0.39 is 0 Å². The summed E-state index contributed by atoms with van der Waals surface area (Å²) in [4.78, 5) is 24.4. The van der Waals surface area contributed by atoms with Crippen molar-refractivity contribution in [3.63, 3.8) is 0 Å². The average Bonchev–Trinajstić information content (AvgIpc) is 2.22. The second kappa shape index (κ2) is 9.15. The molecule has 5 nitrogen and oxygen atoms in total. The van der Waals surface area contributed by atoms with E-state index in [-0.39, 0.29) is 18.4 Å². The summed E-state index contributed by atoms with van der Waals surface area (Å²) in [5, 5.41) is 5.33. The number of hydrogen-bond acceptors (Lipinski definition) is 3. The molecule has 0 rings (SSSR count). The van der Waals surface area contributed by atoms with Crippen LogP contribution in [0.4, 0.5) is 0 Å². The van der Waals surface area contributed by atoms with Crippen LogP contribution in [0.2, 0.25) is 0 Å². The molecule has 0 unspecified atom stereocenters. The van der Waals surface area contributed by atoms with E-state index in [1.165, 1.54) is 0 Å². The van der Waals surface area contributed by atoms with Crippen LogP contribution in [-0.4, -0.2) is 50.4 Å². The SMILES string of the molecule is CCCC(=O)NCC(=O)NCCCN(C)C. The summed E-state index contributed by atoms with van der Waals surface area (Å²) >= 11 is 0. The lowest BCUT2D eigenvalue weighted by Crippen LogP contribution is -2.37. The van der Waals surface area contributed by atoms with Gasteiger partial charge in [-0.2, -0.15) is 0 Å². The molecule has 0 aromatic heterocycles. The Kier molecular flexibility index (Phi) is 8.52. The zero-order valence-electron chi connectivity index (χ0n) is 10.5. The molecule has 0 aliphatic rings. The van der Waals surface area contributed by atoms with Crippen LogP contribution in [0.3, 0.4) is 0 Å². The van der Waals surface area contributed by atoms with Gasteiger partial charge in [0, 0.05) is 13.0 Å². The fraction of sp³-hybridized carbons (Fsp3) is 0.818. The lowest BCUT2D eigenvalue weighted by atomic mass is 10.3. The quantitative estimate of drug-likeness (QED) is 0.575. The highest BCUT2D eigenvalue weighted by atomic mass is 16.2. The van der Waals surface area contributed by atoms with Crippen molar-refractivity contribution in [1.29, 1.82) is 0 Å². The van der Waals surface area contributed by atoms with Gasteiger partial charge in [-0.1, -0.05) is 6.92 Å². The summed E-state index contributed by atoms with van der Waals surface area (Å²) < 4.78 is 0. The minimum absolute atomic E-state index is 0.0639. The second-order valence-electron chi connectivity index (χ2n) is 4.03. The van der Waals surface area contributed by atoms with Crippen LogP contribution in [-0.2, 0) is 9.59 Å². The van der Waals surface area contributed by atoms with E-state index in [2.05, 4.69) is 15.5 Å². The van der Waals surface area contributed by atoms with Crippen LogP contribution in [0.25, 0.3) is 0 Å². The monoisotopic (exact) mass is 229 g/mol. The second-order valence-corrected chi connectivity index (χ2v) is 4.03. The number of rotatable bonds is 8. The van der Waals surface area contributed by atoms with Crippen molar-refractivity contribution in [2.45, 2.75) is 26.2 Å². The van der Waals surface area contributed by atoms with Gasteiger partial charge in [-0.25, -0.2) is 0 Å². The molecule has 0 fully saturated rings. The smallest absolute Gasteiger partial charge is 0.239 e. The van der Waals surface area contributed by atoms with Gasteiger partial charge in [0.05, 0.1) is 6.54 Å². The van der Waals surface area contributed by atoms with Crippen LogP contribution < -0.4 is 10.6 Å². The Labute approximate surface area is 97.6 Å². The number of carbonyl (C=O) groups is 2. The number of amides is 2. The molecular formula is C11H23N3O2. The highest BCUT2D eigenvalue weighted by Crippen LogP contribution is 1.85. The summed E-state index contributed by atoms with van der Waals surface area (Å²) in [6.07, 6.45) is 2.20. The number of carbonyl (C=O) groups excluding carboxylic acids is 2. The molecule has 0 saturated heterocycles. The summed E-state index contributed by atoms with van der Waals surface area (Å²) in [5.74, 6) is -0.186. The fourth-order valence-electron chi connectivity index (χ4n) is 1.18. The van der Waals surface area contributed by atoms with Gasteiger partial charge in [0.2, 0.25) is 11.8 Å². The summed E-state index contributed by atoms with van der Waals surface area (Å²) in [5.41, 5.74) is 0. The van der Waals surface area contributed by atoms with Crippen LogP contribution in [0.1, 0.15) is 26.2 Å². The highest BCUT2D eigenvalue weighted by Gasteiger charge is 2.03. The van der Waals surface area contributed by atoms with Crippen molar-refractivity contribution in [3.8, 4) is 0 Å². The standard InChI is InChI=1S/C11H23N3O2/c1-4-6-10(15)13-9-11(16)12-7-5-8-14(2)3/h4-9H2,1-3H3,(H,12,16)(H,13,15). The summed E-state index contributed by atoms with van der Waals surface area (Å²) in [6.45, 7) is 3.62. The van der Waals surface area contributed by atoms with Crippen molar-refractivity contribution in [3.05, 3.63) is 0 Å². The maximum atomic E-state index is 11.3. The molecule has 0 aromatic rings. The third kappa shape index (κ3) is 9.45. The first-order chi connectivity index (χ1) is 7.56.